The number of amides is 1. The molecule has 154 valence electrons. The Labute approximate surface area is 167 Å². The molecule has 0 unspecified atom stereocenters. The summed E-state index contributed by atoms with van der Waals surface area (Å²) in [5.41, 5.74) is 0.335. The lowest BCUT2D eigenvalue weighted by molar-refractivity contribution is -0.121. The maximum atomic E-state index is 12.6. The molecule has 0 atom stereocenters. The van der Waals surface area contributed by atoms with Gasteiger partial charge in [0, 0.05) is 20.6 Å². The van der Waals surface area contributed by atoms with Crippen LogP contribution in [0, 0.1) is 5.92 Å². The Morgan fingerprint density at radius 2 is 1.86 bits per heavy atom. The largest absolute Gasteiger partial charge is 0.493 e. The van der Waals surface area contributed by atoms with Gasteiger partial charge in [0.1, 0.15) is 12.3 Å². The minimum absolute atomic E-state index is 0.275. The smallest absolute Gasteiger partial charge is 0.332 e. The first-order valence-electron chi connectivity index (χ1n) is 9.37. The molecule has 0 aliphatic carbocycles. The second-order valence-electron chi connectivity index (χ2n) is 7.39. The minimum atomic E-state index is -0.581. The first-order valence-corrected chi connectivity index (χ1v) is 9.37. The summed E-state index contributed by atoms with van der Waals surface area (Å²) in [4.78, 5) is 41.5. The van der Waals surface area contributed by atoms with Crippen molar-refractivity contribution in [3.05, 3.63) is 57.0 Å². The van der Waals surface area contributed by atoms with Crippen LogP contribution in [0.5, 0.6) is 5.75 Å². The number of aryl methyl sites for hydroxylation is 2. The van der Waals surface area contributed by atoms with E-state index in [9.17, 15) is 14.4 Å². The van der Waals surface area contributed by atoms with Gasteiger partial charge in [0.15, 0.2) is 11.2 Å². The van der Waals surface area contributed by atoms with Crippen molar-refractivity contribution in [3.63, 3.8) is 0 Å². The van der Waals surface area contributed by atoms with E-state index in [0.29, 0.717) is 18.2 Å². The van der Waals surface area contributed by atoms with E-state index in [1.807, 2.05) is 24.3 Å². The van der Waals surface area contributed by atoms with E-state index in [0.717, 1.165) is 15.9 Å². The van der Waals surface area contributed by atoms with E-state index < -0.39 is 17.2 Å². The molecule has 0 aliphatic rings. The molecule has 1 aromatic carbocycles. The predicted molar refractivity (Wildman–Crippen MR) is 109 cm³/mol. The molecule has 0 fully saturated rings. The van der Waals surface area contributed by atoms with E-state index in [-0.39, 0.29) is 18.6 Å². The second kappa shape index (κ2) is 8.34. The summed E-state index contributed by atoms with van der Waals surface area (Å²) >= 11 is 0. The van der Waals surface area contributed by atoms with Crippen molar-refractivity contribution < 1.29 is 9.53 Å². The van der Waals surface area contributed by atoms with Gasteiger partial charge in [0.05, 0.1) is 12.9 Å². The third kappa shape index (κ3) is 4.39. The van der Waals surface area contributed by atoms with Gasteiger partial charge in [-0.2, -0.15) is 0 Å². The van der Waals surface area contributed by atoms with Gasteiger partial charge in [-0.25, -0.2) is 14.3 Å². The number of hydrogen-bond acceptors (Lipinski definition) is 5. The molecular weight excluding hydrogens is 374 g/mol. The van der Waals surface area contributed by atoms with Crippen LogP contribution < -0.4 is 21.3 Å². The van der Waals surface area contributed by atoms with Gasteiger partial charge < -0.3 is 14.6 Å². The van der Waals surface area contributed by atoms with Crippen LogP contribution in [0.4, 0.5) is 0 Å². The number of carbonyl (C=O) groups excluding carboxylic acids is 1. The Bertz CT molecular complexity index is 1140. The number of fused-ring (bicyclic) bond motifs is 1. The molecule has 0 saturated heterocycles. The second-order valence-corrected chi connectivity index (χ2v) is 7.39. The van der Waals surface area contributed by atoms with Gasteiger partial charge in [-0.05, 0) is 23.6 Å². The third-order valence-electron chi connectivity index (χ3n) is 4.50. The Morgan fingerprint density at radius 1 is 1.17 bits per heavy atom. The number of rotatable bonds is 7. The van der Waals surface area contributed by atoms with E-state index >= 15 is 0 Å². The maximum absolute atomic E-state index is 12.6. The fourth-order valence-corrected chi connectivity index (χ4v) is 2.90. The van der Waals surface area contributed by atoms with Crippen molar-refractivity contribution in [2.75, 3.05) is 6.61 Å². The lowest BCUT2D eigenvalue weighted by Gasteiger charge is -2.11. The van der Waals surface area contributed by atoms with Crippen molar-refractivity contribution in [1.82, 2.24) is 24.0 Å². The van der Waals surface area contributed by atoms with Crippen LogP contribution in [-0.4, -0.2) is 31.2 Å². The van der Waals surface area contributed by atoms with E-state index in [1.165, 1.54) is 22.5 Å². The quantitative estimate of drug-likeness (QED) is 0.633. The number of ether oxygens (including phenoxy) is 1. The molecule has 1 N–H and O–H groups in total. The van der Waals surface area contributed by atoms with E-state index in [4.69, 9.17) is 4.74 Å². The van der Waals surface area contributed by atoms with Gasteiger partial charge in [-0.1, -0.05) is 26.0 Å². The highest BCUT2D eigenvalue weighted by molar-refractivity contribution is 5.76. The summed E-state index contributed by atoms with van der Waals surface area (Å²) in [7, 11) is 3.19. The monoisotopic (exact) mass is 399 g/mol. The number of nitrogens with one attached hydrogen (secondary N) is 1. The summed E-state index contributed by atoms with van der Waals surface area (Å²) in [6.45, 7) is 4.72. The highest BCUT2D eigenvalue weighted by Crippen LogP contribution is 2.13. The molecule has 2 aromatic heterocycles. The Balaban J connectivity index is 1.68. The summed E-state index contributed by atoms with van der Waals surface area (Å²) in [6, 6.07) is 7.42. The summed E-state index contributed by atoms with van der Waals surface area (Å²) in [6.07, 6.45) is 1.46. The van der Waals surface area contributed by atoms with Crippen molar-refractivity contribution in [1.29, 1.82) is 0 Å². The topological polar surface area (TPSA) is 100 Å². The van der Waals surface area contributed by atoms with Gasteiger partial charge in [0.25, 0.3) is 5.56 Å². The normalized spacial score (nSPS) is 11.2. The van der Waals surface area contributed by atoms with Crippen LogP contribution in [0.3, 0.4) is 0 Å². The zero-order chi connectivity index (χ0) is 21.1. The van der Waals surface area contributed by atoms with Gasteiger partial charge in [-0.3, -0.25) is 14.2 Å². The molecule has 0 aliphatic heterocycles. The van der Waals surface area contributed by atoms with Crippen LogP contribution in [0.15, 0.2) is 40.2 Å². The van der Waals surface area contributed by atoms with Crippen molar-refractivity contribution >= 4 is 17.1 Å². The molecule has 0 radical (unpaired) electrons. The molecule has 0 spiro atoms. The van der Waals surface area contributed by atoms with Crippen LogP contribution >= 0.6 is 0 Å². The third-order valence-corrected chi connectivity index (χ3v) is 4.50. The molecule has 0 bridgehead atoms. The average Bonchev–Trinajstić information content (AvgIpc) is 3.09. The van der Waals surface area contributed by atoms with E-state index in [2.05, 4.69) is 24.1 Å². The van der Waals surface area contributed by atoms with Crippen molar-refractivity contribution in [2.45, 2.75) is 26.9 Å². The van der Waals surface area contributed by atoms with Crippen LogP contribution in [0.1, 0.15) is 19.4 Å². The molecule has 29 heavy (non-hydrogen) atoms. The SMILES string of the molecule is CC(C)COc1ccc(CNC(=O)Cn2c(=O)c3c(ncn3C)n(C)c2=O)cc1. The molecule has 2 heterocycles. The molecule has 9 nitrogen and oxygen atoms in total. The number of nitrogens with zero attached hydrogens (tertiary/aromatic N) is 4. The molecule has 0 saturated carbocycles. The van der Waals surface area contributed by atoms with Crippen LogP contribution in [0.25, 0.3) is 11.2 Å². The molecule has 9 heteroatoms. The summed E-state index contributed by atoms with van der Waals surface area (Å²) in [5, 5.41) is 2.74. The first-order chi connectivity index (χ1) is 13.8. The lowest BCUT2D eigenvalue weighted by Crippen LogP contribution is -2.43. The Hall–Kier alpha value is -3.36. The molecular formula is C20H25N5O4. The Morgan fingerprint density at radius 3 is 2.52 bits per heavy atom. The van der Waals surface area contributed by atoms with Gasteiger partial charge in [0.2, 0.25) is 5.91 Å². The number of imidazole rings is 1. The standard InChI is InChI=1S/C20H25N5O4/c1-13(2)11-29-15-7-5-14(6-8-15)9-21-16(26)10-25-19(27)17-18(22-12-23(17)3)24(4)20(25)28/h5-8,12-13H,9-11H2,1-4H3,(H,21,26). The van der Waals surface area contributed by atoms with Gasteiger partial charge >= 0.3 is 5.69 Å². The number of carbonyl (C=O) groups is 1. The molecule has 3 rings (SSSR count). The first kappa shape index (κ1) is 20.4. The fourth-order valence-electron chi connectivity index (χ4n) is 2.90. The van der Waals surface area contributed by atoms with Crippen molar-refractivity contribution in [2.24, 2.45) is 20.0 Å². The fraction of sp³-hybridized carbons (Fsp3) is 0.400. The van der Waals surface area contributed by atoms with Gasteiger partial charge in [-0.15, -0.1) is 0 Å². The van der Waals surface area contributed by atoms with Crippen LogP contribution in [0.2, 0.25) is 0 Å². The average molecular weight is 399 g/mol. The van der Waals surface area contributed by atoms with Crippen LogP contribution in [-0.2, 0) is 32.0 Å². The number of hydrogen-bond donors (Lipinski definition) is 1. The number of benzene rings is 1. The maximum Gasteiger partial charge on any atom is 0.332 e. The molecule has 3 aromatic rings. The van der Waals surface area contributed by atoms with Crippen molar-refractivity contribution in [3.8, 4) is 5.75 Å². The minimum Gasteiger partial charge on any atom is -0.493 e. The van der Waals surface area contributed by atoms with E-state index in [1.54, 1.807) is 7.05 Å². The Kier molecular flexibility index (Phi) is 5.86. The zero-order valence-corrected chi connectivity index (χ0v) is 17.0. The number of aromatic nitrogens is 4. The predicted octanol–water partition coefficient (Wildman–Crippen LogP) is 0.785. The summed E-state index contributed by atoms with van der Waals surface area (Å²) in [5.74, 6) is 0.787. The highest BCUT2D eigenvalue weighted by atomic mass is 16.5. The lowest BCUT2D eigenvalue weighted by atomic mass is 10.2. The summed E-state index contributed by atoms with van der Waals surface area (Å²) < 4.78 is 9.35. The highest BCUT2D eigenvalue weighted by Gasteiger charge is 2.16. The zero-order valence-electron chi connectivity index (χ0n) is 17.0. The molecule has 1 amide bonds.